The topological polar surface area (TPSA) is 60.1 Å². The molecule has 1 fully saturated rings. The molecule has 1 aromatic heterocycles. The first kappa shape index (κ1) is 10.9. The van der Waals surface area contributed by atoms with Gasteiger partial charge in [-0.1, -0.05) is 0 Å². The minimum absolute atomic E-state index is 0.261. The lowest BCUT2D eigenvalue weighted by Crippen LogP contribution is -2.24. The van der Waals surface area contributed by atoms with Gasteiger partial charge in [0.15, 0.2) is 0 Å². The predicted octanol–water partition coefficient (Wildman–Crippen LogP) is 1.16. The van der Waals surface area contributed by atoms with Gasteiger partial charge < -0.3 is 10.0 Å². The zero-order valence-corrected chi connectivity index (χ0v) is 9.30. The maximum absolute atomic E-state index is 9.51. The fourth-order valence-corrected chi connectivity index (χ4v) is 2.03. The average molecular weight is 217 g/mol. The van der Waals surface area contributed by atoms with Crippen LogP contribution in [-0.2, 0) is 0 Å². The molecular weight excluding hydrogens is 202 g/mol. The van der Waals surface area contributed by atoms with E-state index in [2.05, 4.69) is 16.0 Å². The monoisotopic (exact) mass is 217 g/mol. The highest BCUT2D eigenvalue weighted by molar-refractivity contribution is 5.42. The number of hydrogen-bond acceptors (Lipinski definition) is 4. The molecule has 2 atom stereocenters. The quantitative estimate of drug-likeness (QED) is 0.807. The Labute approximate surface area is 95.1 Å². The van der Waals surface area contributed by atoms with Gasteiger partial charge in [0.05, 0.1) is 11.7 Å². The summed E-state index contributed by atoms with van der Waals surface area (Å²) in [5.74, 6) is 1.22. The molecule has 4 heteroatoms. The molecule has 0 radical (unpaired) electrons. The zero-order valence-electron chi connectivity index (χ0n) is 9.30. The molecule has 1 aliphatic heterocycles. The number of nitrogens with zero attached hydrogens (tertiary/aromatic N) is 3. The molecule has 1 N–H and O–H groups in total. The summed E-state index contributed by atoms with van der Waals surface area (Å²) in [5, 5.41) is 18.2. The van der Waals surface area contributed by atoms with Crippen molar-refractivity contribution >= 4 is 5.82 Å². The van der Waals surface area contributed by atoms with Crippen LogP contribution in [0.2, 0.25) is 0 Å². The Morgan fingerprint density at radius 1 is 1.62 bits per heavy atom. The number of aromatic nitrogens is 1. The standard InChI is InChI=1S/C12H15N3O/c1-9(16)11-4-5-15(8-11)12-3-2-10(6-13)7-14-12/h2-3,7,9,11,16H,4-5,8H2,1H3. The average Bonchev–Trinajstić information content (AvgIpc) is 2.78. The summed E-state index contributed by atoms with van der Waals surface area (Å²) in [5.41, 5.74) is 0.579. The van der Waals surface area contributed by atoms with E-state index in [1.165, 1.54) is 0 Å². The van der Waals surface area contributed by atoms with Gasteiger partial charge in [0, 0.05) is 25.2 Å². The Bertz CT molecular complexity index is 394. The molecule has 2 heterocycles. The SMILES string of the molecule is CC(O)C1CCN(c2ccc(C#N)cn2)C1. The summed E-state index contributed by atoms with van der Waals surface area (Å²) >= 11 is 0. The van der Waals surface area contributed by atoms with Gasteiger partial charge in [-0.2, -0.15) is 5.26 Å². The zero-order chi connectivity index (χ0) is 11.5. The van der Waals surface area contributed by atoms with E-state index in [9.17, 15) is 5.11 Å². The van der Waals surface area contributed by atoms with E-state index in [0.29, 0.717) is 11.5 Å². The minimum atomic E-state index is -0.261. The van der Waals surface area contributed by atoms with Gasteiger partial charge >= 0.3 is 0 Å². The van der Waals surface area contributed by atoms with Crippen LogP contribution in [0.5, 0.6) is 0 Å². The van der Waals surface area contributed by atoms with Crippen LogP contribution in [0.25, 0.3) is 0 Å². The third-order valence-corrected chi connectivity index (χ3v) is 3.11. The van der Waals surface area contributed by atoms with Crippen molar-refractivity contribution in [3.05, 3.63) is 23.9 Å². The van der Waals surface area contributed by atoms with E-state index in [4.69, 9.17) is 5.26 Å². The molecular formula is C12H15N3O. The van der Waals surface area contributed by atoms with Crippen molar-refractivity contribution in [3.8, 4) is 6.07 Å². The molecule has 0 aliphatic carbocycles. The summed E-state index contributed by atoms with van der Waals surface area (Å²) < 4.78 is 0. The Morgan fingerprint density at radius 3 is 2.94 bits per heavy atom. The predicted molar refractivity (Wildman–Crippen MR) is 61.0 cm³/mol. The Kier molecular flexibility index (Phi) is 3.07. The normalized spacial score (nSPS) is 21.8. The first-order valence-corrected chi connectivity index (χ1v) is 5.50. The highest BCUT2D eigenvalue weighted by Gasteiger charge is 2.26. The number of nitriles is 1. The first-order valence-electron chi connectivity index (χ1n) is 5.50. The molecule has 84 valence electrons. The molecule has 4 nitrogen and oxygen atoms in total. The Morgan fingerprint density at radius 2 is 2.44 bits per heavy atom. The van der Waals surface area contributed by atoms with Gasteiger partial charge in [-0.25, -0.2) is 4.98 Å². The van der Waals surface area contributed by atoms with E-state index in [1.54, 1.807) is 12.3 Å². The van der Waals surface area contributed by atoms with Crippen LogP contribution < -0.4 is 4.90 Å². The van der Waals surface area contributed by atoms with E-state index < -0.39 is 0 Å². The summed E-state index contributed by atoms with van der Waals surface area (Å²) in [7, 11) is 0. The van der Waals surface area contributed by atoms with Gasteiger partial charge in [-0.15, -0.1) is 0 Å². The summed E-state index contributed by atoms with van der Waals surface area (Å²) in [6, 6.07) is 5.69. The molecule has 0 bridgehead atoms. The van der Waals surface area contributed by atoms with Gasteiger partial charge in [-0.05, 0) is 25.5 Å². The van der Waals surface area contributed by atoms with Gasteiger partial charge in [0.25, 0.3) is 0 Å². The van der Waals surface area contributed by atoms with Crippen molar-refractivity contribution in [2.75, 3.05) is 18.0 Å². The molecule has 0 amide bonds. The number of hydrogen-bond donors (Lipinski definition) is 1. The molecule has 1 saturated heterocycles. The van der Waals surface area contributed by atoms with Crippen molar-refractivity contribution in [3.63, 3.8) is 0 Å². The van der Waals surface area contributed by atoms with Crippen molar-refractivity contribution in [2.24, 2.45) is 5.92 Å². The van der Waals surface area contributed by atoms with Gasteiger partial charge in [0.2, 0.25) is 0 Å². The summed E-state index contributed by atoms with van der Waals surface area (Å²) in [6.07, 6.45) is 2.33. The molecule has 2 unspecified atom stereocenters. The van der Waals surface area contributed by atoms with Crippen LogP contribution in [0.1, 0.15) is 18.9 Å². The van der Waals surface area contributed by atoms with Gasteiger partial charge in [0.1, 0.15) is 11.9 Å². The Balaban J connectivity index is 2.06. The maximum atomic E-state index is 9.51. The van der Waals surface area contributed by atoms with Crippen molar-refractivity contribution in [1.29, 1.82) is 5.26 Å². The van der Waals surface area contributed by atoms with E-state index >= 15 is 0 Å². The van der Waals surface area contributed by atoms with Crippen LogP contribution in [0.15, 0.2) is 18.3 Å². The Hall–Kier alpha value is -1.60. The van der Waals surface area contributed by atoms with E-state index in [-0.39, 0.29) is 6.10 Å². The third-order valence-electron chi connectivity index (χ3n) is 3.11. The molecule has 1 aromatic rings. The lowest BCUT2D eigenvalue weighted by atomic mass is 10.0. The lowest BCUT2D eigenvalue weighted by molar-refractivity contribution is 0.136. The van der Waals surface area contributed by atoms with E-state index in [1.807, 2.05) is 13.0 Å². The third kappa shape index (κ3) is 2.15. The van der Waals surface area contributed by atoms with Crippen molar-refractivity contribution in [2.45, 2.75) is 19.4 Å². The van der Waals surface area contributed by atoms with Crippen LogP contribution in [0.3, 0.4) is 0 Å². The largest absolute Gasteiger partial charge is 0.393 e. The highest BCUT2D eigenvalue weighted by Crippen LogP contribution is 2.24. The maximum Gasteiger partial charge on any atom is 0.128 e. The number of aliphatic hydroxyl groups excluding tert-OH is 1. The highest BCUT2D eigenvalue weighted by atomic mass is 16.3. The molecule has 1 aliphatic rings. The van der Waals surface area contributed by atoms with Crippen molar-refractivity contribution in [1.82, 2.24) is 4.98 Å². The fourth-order valence-electron chi connectivity index (χ4n) is 2.03. The second-order valence-electron chi connectivity index (χ2n) is 4.25. The second kappa shape index (κ2) is 4.50. The number of rotatable bonds is 2. The van der Waals surface area contributed by atoms with E-state index in [0.717, 1.165) is 25.3 Å². The second-order valence-corrected chi connectivity index (χ2v) is 4.25. The van der Waals surface area contributed by atoms with Gasteiger partial charge in [-0.3, -0.25) is 0 Å². The summed E-state index contributed by atoms with van der Waals surface area (Å²) in [4.78, 5) is 6.40. The molecule has 2 rings (SSSR count). The van der Waals surface area contributed by atoms with Crippen molar-refractivity contribution < 1.29 is 5.11 Å². The van der Waals surface area contributed by atoms with Crippen LogP contribution >= 0.6 is 0 Å². The minimum Gasteiger partial charge on any atom is -0.393 e. The molecule has 0 saturated carbocycles. The number of aliphatic hydroxyl groups is 1. The number of anilines is 1. The molecule has 0 aromatic carbocycles. The summed E-state index contributed by atoms with van der Waals surface area (Å²) in [6.45, 7) is 3.60. The lowest BCUT2D eigenvalue weighted by Gasteiger charge is -2.18. The fraction of sp³-hybridized carbons (Fsp3) is 0.500. The molecule has 16 heavy (non-hydrogen) atoms. The molecule has 0 spiro atoms. The van der Waals surface area contributed by atoms with Crippen LogP contribution in [-0.4, -0.2) is 29.3 Å². The van der Waals surface area contributed by atoms with Crippen LogP contribution in [0, 0.1) is 17.2 Å². The smallest absolute Gasteiger partial charge is 0.128 e. The van der Waals surface area contributed by atoms with Crippen LogP contribution in [0.4, 0.5) is 5.82 Å². The number of pyridine rings is 1. The first-order chi connectivity index (χ1) is 7.70.